The first kappa shape index (κ1) is 22.0. The fraction of sp³-hybridized carbons (Fsp3) is 0.261. The Hall–Kier alpha value is -3.20. The van der Waals surface area contributed by atoms with Crippen LogP contribution in [0.15, 0.2) is 60.8 Å². The zero-order chi connectivity index (χ0) is 22.9. The number of alkyl halides is 3. The van der Waals surface area contributed by atoms with Crippen molar-refractivity contribution in [3.8, 4) is 11.5 Å². The number of anilines is 1. The Morgan fingerprint density at radius 3 is 2.50 bits per heavy atom. The number of ether oxygens (including phenoxy) is 2. The van der Waals surface area contributed by atoms with Crippen molar-refractivity contribution >= 4 is 23.0 Å². The quantitative estimate of drug-likeness (QED) is 0.532. The highest BCUT2D eigenvalue weighted by atomic mass is 32.1. The molecule has 2 aromatic carbocycles. The highest BCUT2D eigenvalue weighted by Crippen LogP contribution is 2.38. The minimum atomic E-state index is -4.42. The molecule has 0 amide bonds. The molecule has 3 aromatic rings. The fourth-order valence-electron chi connectivity index (χ4n) is 3.94. The zero-order valence-electron chi connectivity index (χ0n) is 17.5. The van der Waals surface area contributed by atoms with Gasteiger partial charge in [-0.05, 0) is 60.2 Å². The topological polar surface area (TPSA) is 38.7 Å². The second kappa shape index (κ2) is 8.74. The van der Waals surface area contributed by atoms with Crippen molar-refractivity contribution < 1.29 is 22.6 Å². The van der Waals surface area contributed by atoms with Crippen LogP contribution in [0.4, 0.5) is 18.9 Å². The Bertz CT molecular complexity index is 1130. The third-order valence-electron chi connectivity index (χ3n) is 5.46. The number of rotatable bonds is 4. The van der Waals surface area contributed by atoms with Gasteiger partial charge in [-0.15, -0.1) is 0 Å². The van der Waals surface area contributed by atoms with Crippen molar-refractivity contribution in [3.05, 3.63) is 77.6 Å². The average molecular weight is 462 g/mol. The van der Waals surface area contributed by atoms with Gasteiger partial charge in [0, 0.05) is 30.7 Å². The predicted octanol–water partition coefficient (Wildman–Crippen LogP) is 5.33. The van der Waals surface area contributed by atoms with Crippen molar-refractivity contribution in [2.24, 2.45) is 0 Å². The van der Waals surface area contributed by atoms with Crippen molar-refractivity contribution in [2.45, 2.75) is 18.8 Å². The molecule has 0 saturated carbocycles. The van der Waals surface area contributed by atoms with E-state index in [1.807, 2.05) is 41.4 Å². The smallest absolute Gasteiger partial charge is 0.416 e. The first-order valence-corrected chi connectivity index (χ1v) is 10.3. The standard InChI is InChI=1S/C23H22F3N3O2S/c1-30-19-9-8-15(13-20(19)31-2)21-18-7-4-10-28(18)11-12-29(21)22(32)27-17-6-3-5-16(14-17)23(24,25)26/h3-10,13-14,21H,11-12H2,1-2H3,(H,27,32). The lowest BCUT2D eigenvalue weighted by Gasteiger charge is -2.39. The maximum absolute atomic E-state index is 13.1. The summed E-state index contributed by atoms with van der Waals surface area (Å²) in [6, 6.07) is 14.4. The van der Waals surface area contributed by atoms with E-state index in [1.165, 1.54) is 6.07 Å². The molecule has 1 atom stereocenters. The van der Waals surface area contributed by atoms with Gasteiger partial charge < -0.3 is 24.3 Å². The number of halogens is 3. The molecule has 0 bridgehead atoms. The van der Waals surface area contributed by atoms with E-state index in [-0.39, 0.29) is 11.7 Å². The predicted molar refractivity (Wildman–Crippen MR) is 120 cm³/mol. The molecule has 0 saturated heterocycles. The summed E-state index contributed by atoms with van der Waals surface area (Å²) in [5.41, 5.74) is 1.51. The number of hydrogen-bond acceptors (Lipinski definition) is 3. The second-order valence-electron chi connectivity index (χ2n) is 7.35. The van der Waals surface area contributed by atoms with Crippen LogP contribution < -0.4 is 14.8 Å². The minimum Gasteiger partial charge on any atom is -0.493 e. The van der Waals surface area contributed by atoms with Gasteiger partial charge in [0.2, 0.25) is 0 Å². The molecule has 9 heteroatoms. The summed E-state index contributed by atoms with van der Waals surface area (Å²) in [6.45, 7) is 1.29. The Morgan fingerprint density at radius 1 is 1.00 bits per heavy atom. The van der Waals surface area contributed by atoms with E-state index >= 15 is 0 Å². The van der Waals surface area contributed by atoms with Crippen molar-refractivity contribution in [1.29, 1.82) is 0 Å². The third-order valence-corrected chi connectivity index (χ3v) is 5.80. The van der Waals surface area contributed by atoms with Gasteiger partial charge in [0.1, 0.15) is 0 Å². The largest absolute Gasteiger partial charge is 0.493 e. The lowest BCUT2D eigenvalue weighted by atomic mass is 9.99. The van der Waals surface area contributed by atoms with E-state index in [4.69, 9.17) is 21.7 Å². The van der Waals surface area contributed by atoms with Gasteiger partial charge in [-0.3, -0.25) is 0 Å². The Balaban J connectivity index is 1.68. The summed E-state index contributed by atoms with van der Waals surface area (Å²) >= 11 is 5.65. The Morgan fingerprint density at radius 2 is 1.78 bits per heavy atom. The molecule has 0 radical (unpaired) electrons. The zero-order valence-corrected chi connectivity index (χ0v) is 18.3. The first-order valence-electron chi connectivity index (χ1n) is 9.93. The van der Waals surface area contributed by atoms with Gasteiger partial charge >= 0.3 is 6.18 Å². The summed E-state index contributed by atoms with van der Waals surface area (Å²) < 4.78 is 52.3. The summed E-state index contributed by atoms with van der Waals surface area (Å²) in [5.74, 6) is 1.20. The number of benzene rings is 2. The lowest BCUT2D eigenvalue weighted by Crippen LogP contribution is -2.44. The molecule has 1 N–H and O–H groups in total. The molecular weight excluding hydrogens is 439 g/mol. The van der Waals surface area contributed by atoms with Crippen molar-refractivity contribution in [1.82, 2.24) is 9.47 Å². The van der Waals surface area contributed by atoms with E-state index in [2.05, 4.69) is 9.88 Å². The van der Waals surface area contributed by atoms with Crippen LogP contribution >= 0.6 is 12.2 Å². The van der Waals surface area contributed by atoms with Crippen LogP contribution in [0, 0.1) is 0 Å². The van der Waals surface area contributed by atoms with E-state index in [1.54, 1.807) is 20.3 Å². The summed E-state index contributed by atoms with van der Waals surface area (Å²) in [5, 5.41) is 3.33. The molecule has 2 heterocycles. The highest BCUT2D eigenvalue weighted by molar-refractivity contribution is 7.80. The second-order valence-corrected chi connectivity index (χ2v) is 7.73. The van der Waals surface area contributed by atoms with Crippen LogP contribution in [0.25, 0.3) is 0 Å². The van der Waals surface area contributed by atoms with Gasteiger partial charge in [0.25, 0.3) is 0 Å². The molecule has 0 aliphatic carbocycles. The first-order chi connectivity index (χ1) is 15.3. The molecular formula is C23H22F3N3O2S. The van der Waals surface area contributed by atoms with E-state index in [9.17, 15) is 13.2 Å². The van der Waals surface area contributed by atoms with Crippen LogP contribution in [0.2, 0.25) is 0 Å². The van der Waals surface area contributed by atoms with Crippen molar-refractivity contribution in [3.63, 3.8) is 0 Å². The molecule has 4 rings (SSSR count). The molecule has 0 spiro atoms. The van der Waals surface area contributed by atoms with E-state index in [0.29, 0.717) is 29.7 Å². The fourth-order valence-corrected chi connectivity index (χ4v) is 4.26. The summed E-state index contributed by atoms with van der Waals surface area (Å²) in [6.07, 6.45) is -2.42. The third kappa shape index (κ3) is 4.25. The van der Waals surface area contributed by atoms with Gasteiger partial charge in [-0.25, -0.2) is 0 Å². The Kier molecular flexibility index (Phi) is 6.01. The number of fused-ring (bicyclic) bond motifs is 1. The average Bonchev–Trinajstić information content (AvgIpc) is 3.26. The van der Waals surface area contributed by atoms with Crippen molar-refractivity contribution in [2.75, 3.05) is 26.1 Å². The molecule has 5 nitrogen and oxygen atoms in total. The van der Waals surface area contributed by atoms with Gasteiger partial charge in [-0.2, -0.15) is 13.2 Å². The van der Waals surface area contributed by atoms with Gasteiger partial charge in [-0.1, -0.05) is 12.1 Å². The lowest BCUT2D eigenvalue weighted by molar-refractivity contribution is -0.137. The van der Waals surface area contributed by atoms with Gasteiger partial charge in [0.05, 0.1) is 25.8 Å². The van der Waals surface area contributed by atoms with Crippen LogP contribution in [-0.2, 0) is 12.7 Å². The number of nitrogens with zero attached hydrogens (tertiary/aromatic N) is 2. The molecule has 1 aromatic heterocycles. The Labute approximate surface area is 189 Å². The highest BCUT2D eigenvalue weighted by Gasteiger charge is 2.33. The number of aromatic nitrogens is 1. The van der Waals surface area contributed by atoms with Gasteiger partial charge in [0.15, 0.2) is 16.6 Å². The molecule has 0 fully saturated rings. The van der Waals surface area contributed by atoms with E-state index in [0.717, 1.165) is 23.4 Å². The maximum Gasteiger partial charge on any atom is 0.416 e. The number of methoxy groups -OCH3 is 2. The molecule has 168 valence electrons. The monoisotopic (exact) mass is 461 g/mol. The number of nitrogens with one attached hydrogen (secondary N) is 1. The van der Waals surface area contributed by atoms with E-state index < -0.39 is 11.7 Å². The molecule has 1 unspecified atom stereocenters. The number of thiocarbonyl (C=S) groups is 1. The molecule has 32 heavy (non-hydrogen) atoms. The van der Waals surface area contributed by atoms with Crippen LogP contribution in [0.3, 0.4) is 0 Å². The SMILES string of the molecule is COc1ccc(C2c3cccn3CCN2C(=S)Nc2cccc(C(F)(F)F)c2)cc1OC. The molecule has 1 aliphatic heterocycles. The van der Waals surface area contributed by atoms with Crippen LogP contribution in [0.1, 0.15) is 22.9 Å². The normalized spacial score (nSPS) is 15.8. The summed E-state index contributed by atoms with van der Waals surface area (Å²) in [4.78, 5) is 1.98. The minimum absolute atomic E-state index is 0.246. The molecule has 1 aliphatic rings. The summed E-state index contributed by atoms with van der Waals surface area (Å²) in [7, 11) is 3.15. The van der Waals surface area contributed by atoms with Crippen LogP contribution in [-0.4, -0.2) is 35.3 Å². The maximum atomic E-state index is 13.1. The number of hydrogen-bond donors (Lipinski definition) is 1. The van der Waals surface area contributed by atoms with Crippen LogP contribution in [0.5, 0.6) is 11.5 Å².